The van der Waals surface area contributed by atoms with E-state index in [9.17, 15) is 4.79 Å². The van der Waals surface area contributed by atoms with Crippen LogP contribution in [-0.2, 0) is 0 Å². The average molecular weight is 479 g/mol. The topological polar surface area (TPSA) is 48.7 Å². The van der Waals surface area contributed by atoms with Crippen molar-refractivity contribution in [3.63, 3.8) is 0 Å². The van der Waals surface area contributed by atoms with Gasteiger partial charge in [0, 0.05) is 37.4 Å². The largest absolute Gasteiger partial charge is 0.451 e. The van der Waals surface area contributed by atoms with Crippen molar-refractivity contribution >= 4 is 52.1 Å². The van der Waals surface area contributed by atoms with Crippen LogP contribution < -0.4 is 10.2 Å². The Bertz CT molecular complexity index is 1090. The van der Waals surface area contributed by atoms with Gasteiger partial charge in [0.2, 0.25) is 0 Å². The van der Waals surface area contributed by atoms with Gasteiger partial charge in [-0.05, 0) is 49.0 Å². The Morgan fingerprint density at radius 2 is 1.77 bits per heavy atom. The summed E-state index contributed by atoms with van der Waals surface area (Å²) in [6, 6.07) is 14.1. The van der Waals surface area contributed by atoms with Crippen molar-refractivity contribution in [2.45, 2.75) is 6.92 Å². The molecule has 0 bridgehead atoms. The van der Waals surface area contributed by atoms with E-state index in [1.165, 1.54) is 0 Å². The number of furan rings is 1. The first kappa shape index (κ1) is 22.0. The fourth-order valence-corrected chi connectivity index (χ4v) is 4.33. The molecule has 0 spiro atoms. The quantitative estimate of drug-likeness (QED) is 0.467. The van der Waals surface area contributed by atoms with E-state index >= 15 is 0 Å². The lowest BCUT2D eigenvalue weighted by Crippen LogP contribution is -2.46. The maximum absolute atomic E-state index is 12.7. The van der Waals surface area contributed by atoms with Crippen molar-refractivity contribution in [1.82, 2.24) is 4.90 Å². The molecule has 5 nitrogen and oxygen atoms in total. The predicted molar refractivity (Wildman–Crippen MR) is 128 cm³/mol. The summed E-state index contributed by atoms with van der Waals surface area (Å²) in [5.74, 6) is 0.268. The second kappa shape index (κ2) is 9.53. The summed E-state index contributed by atoms with van der Waals surface area (Å²) in [7, 11) is 0. The van der Waals surface area contributed by atoms with Crippen LogP contribution in [0.15, 0.2) is 52.9 Å². The van der Waals surface area contributed by atoms with Gasteiger partial charge in [0.05, 0.1) is 20.8 Å². The molecule has 0 unspecified atom stereocenters. The van der Waals surface area contributed by atoms with E-state index in [1.807, 2.05) is 12.1 Å². The molecule has 1 amide bonds. The number of nitrogens with zero attached hydrogens (tertiary/aromatic N) is 2. The van der Waals surface area contributed by atoms with Crippen molar-refractivity contribution in [2.75, 3.05) is 42.9 Å². The number of carbonyl (C=O) groups excluding carboxylic acids is 1. The van der Waals surface area contributed by atoms with Crippen LogP contribution in [0, 0.1) is 0 Å². The monoisotopic (exact) mass is 477 g/mol. The zero-order chi connectivity index (χ0) is 22.0. The normalized spacial score (nSPS) is 14.6. The van der Waals surface area contributed by atoms with E-state index in [-0.39, 0.29) is 11.7 Å². The lowest BCUT2D eigenvalue weighted by atomic mass is 10.2. The van der Waals surface area contributed by atoms with Crippen LogP contribution in [0.2, 0.25) is 15.1 Å². The van der Waals surface area contributed by atoms with Crippen LogP contribution in [0.25, 0.3) is 11.3 Å². The zero-order valence-electron chi connectivity index (χ0n) is 17.0. The molecule has 2 aromatic carbocycles. The summed E-state index contributed by atoms with van der Waals surface area (Å²) in [6.07, 6.45) is 0. The number of nitrogens with one attached hydrogen (secondary N) is 1. The molecule has 0 saturated carbocycles. The van der Waals surface area contributed by atoms with Gasteiger partial charge in [-0.1, -0.05) is 47.8 Å². The Morgan fingerprint density at radius 3 is 2.48 bits per heavy atom. The molecule has 1 aliphatic heterocycles. The van der Waals surface area contributed by atoms with E-state index < -0.39 is 0 Å². The number of hydrogen-bond donors (Lipinski definition) is 1. The molecule has 1 saturated heterocycles. The molecule has 1 aromatic heterocycles. The van der Waals surface area contributed by atoms with Gasteiger partial charge in [-0.2, -0.15) is 0 Å². The summed E-state index contributed by atoms with van der Waals surface area (Å²) < 4.78 is 5.71. The maximum Gasteiger partial charge on any atom is 0.291 e. The lowest BCUT2D eigenvalue weighted by molar-refractivity contribution is 0.0997. The third kappa shape index (κ3) is 4.85. The molecular weight excluding hydrogens is 457 g/mol. The molecule has 2 heterocycles. The second-order valence-corrected chi connectivity index (χ2v) is 8.50. The van der Waals surface area contributed by atoms with Crippen molar-refractivity contribution in [1.29, 1.82) is 0 Å². The van der Waals surface area contributed by atoms with Crippen LogP contribution in [0.4, 0.5) is 11.4 Å². The van der Waals surface area contributed by atoms with Crippen LogP contribution in [-0.4, -0.2) is 43.5 Å². The highest BCUT2D eigenvalue weighted by Crippen LogP contribution is 2.35. The standard InChI is InChI=1S/C23H22Cl3N3O2/c1-2-28-10-12-29(13-11-28)19-7-6-15(14-18(19)25)27-23(30)21-9-8-20(31-21)16-4-3-5-17(24)22(16)26/h3-9,14H,2,10-13H2,1H3,(H,27,30). The minimum atomic E-state index is -0.371. The number of amides is 1. The van der Waals surface area contributed by atoms with Gasteiger partial charge in [-0.25, -0.2) is 0 Å². The molecule has 31 heavy (non-hydrogen) atoms. The molecular formula is C23H22Cl3N3O2. The Balaban J connectivity index is 1.45. The third-order valence-electron chi connectivity index (χ3n) is 5.41. The van der Waals surface area contributed by atoms with Gasteiger partial charge in [-0.3, -0.25) is 4.79 Å². The summed E-state index contributed by atoms with van der Waals surface area (Å²) >= 11 is 18.8. The number of hydrogen-bond acceptors (Lipinski definition) is 4. The molecule has 0 radical (unpaired) electrons. The van der Waals surface area contributed by atoms with E-state index in [0.717, 1.165) is 38.4 Å². The summed E-state index contributed by atoms with van der Waals surface area (Å²) in [4.78, 5) is 17.3. The molecule has 4 rings (SSSR count). The average Bonchev–Trinajstić information content (AvgIpc) is 3.26. The van der Waals surface area contributed by atoms with Gasteiger partial charge >= 0.3 is 0 Å². The molecule has 0 aliphatic carbocycles. The van der Waals surface area contributed by atoms with Gasteiger partial charge in [0.1, 0.15) is 5.76 Å². The Morgan fingerprint density at radius 1 is 1.00 bits per heavy atom. The first-order chi connectivity index (χ1) is 15.0. The first-order valence-electron chi connectivity index (χ1n) is 10.1. The van der Waals surface area contributed by atoms with Crippen molar-refractivity contribution in [3.05, 3.63) is 69.4 Å². The highest BCUT2D eigenvalue weighted by molar-refractivity contribution is 6.43. The number of benzene rings is 2. The molecule has 3 aromatic rings. The molecule has 1 aliphatic rings. The van der Waals surface area contributed by atoms with Gasteiger partial charge in [-0.15, -0.1) is 0 Å². The first-order valence-corrected chi connectivity index (χ1v) is 11.2. The molecule has 0 atom stereocenters. The fourth-order valence-electron chi connectivity index (χ4n) is 3.64. The number of halogens is 3. The Kier molecular flexibility index (Phi) is 6.77. The van der Waals surface area contributed by atoms with Gasteiger partial charge in [0.15, 0.2) is 5.76 Å². The number of anilines is 2. The lowest BCUT2D eigenvalue weighted by Gasteiger charge is -2.36. The third-order valence-corrected chi connectivity index (χ3v) is 6.53. The summed E-state index contributed by atoms with van der Waals surface area (Å²) in [6.45, 7) is 7.13. The highest BCUT2D eigenvalue weighted by Gasteiger charge is 2.19. The molecule has 162 valence electrons. The Hall–Kier alpha value is -2.18. The highest BCUT2D eigenvalue weighted by atomic mass is 35.5. The smallest absolute Gasteiger partial charge is 0.291 e. The van der Waals surface area contributed by atoms with E-state index in [0.29, 0.717) is 32.1 Å². The molecule has 1 fully saturated rings. The SMILES string of the molecule is CCN1CCN(c2ccc(NC(=O)c3ccc(-c4cccc(Cl)c4Cl)o3)cc2Cl)CC1. The van der Waals surface area contributed by atoms with Crippen molar-refractivity contribution < 1.29 is 9.21 Å². The minimum Gasteiger partial charge on any atom is -0.451 e. The summed E-state index contributed by atoms with van der Waals surface area (Å²) in [5, 5.41) is 4.24. The molecule has 1 N–H and O–H groups in total. The number of likely N-dealkylation sites (N-methyl/N-ethyl adjacent to an activating group) is 1. The number of piperazine rings is 1. The molecule has 8 heteroatoms. The summed E-state index contributed by atoms with van der Waals surface area (Å²) in [5.41, 5.74) is 2.21. The van der Waals surface area contributed by atoms with Crippen molar-refractivity contribution in [3.8, 4) is 11.3 Å². The Labute approximate surface area is 196 Å². The van der Waals surface area contributed by atoms with Crippen LogP contribution in [0.5, 0.6) is 0 Å². The van der Waals surface area contributed by atoms with Gasteiger partial charge < -0.3 is 19.5 Å². The zero-order valence-corrected chi connectivity index (χ0v) is 19.3. The van der Waals surface area contributed by atoms with E-state index in [2.05, 4.69) is 22.0 Å². The van der Waals surface area contributed by atoms with E-state index in [4.69, 9.17) is 39.2 Å². The predicted octanol–water partition coefficient (Wildman–Crippen LogP) is 6.30. The van der Waals surface area contributed by atoms with Crippen LogP contribution in [0.1, 0.15) is 17.5 Å². The van der Waals surface area contributed by atoms with Crippen LogP contribution in [0.3, 0.4) is 0 Å². The van der Waals surface area contributed by atoms with E-state index in [1.54, 1.807) is 36.4 Å². The second-order valence-electron chi connectivity index (χ2n) is 7.31. The van der Waals surface area contributed by atoms with Crippen molar-refractivity contribution in [2.24, 2.45) is 0 Å². The van der Waals surface area contributed by atoms with Gasteiger partial charge in [0.25, 0.3) is 5.91 Å². The maximum atomic E-state index is 12.7. The number of rotatable bonds is 5. The van der Waals surface area contributed by atoms with Crippen LogP contribution >= 0.6 is 34.8 Å². The fraction of sp³-hybridized carbons (Fsp3) is 0.261. The number of carbonyl (C=O) groups is 1. The minimum absolute atomic E-state index is 0.168.